The molecule has 1 N–H and O–H groups in total. The van der Waals surface area contributed by atoms with E-state index in [0.29, 0.717) is 0 Å². The normalized spacial score (nSPS) is 31.4. The summed E-state index contributed by atoms with van der Waals surface area (Å²) >= 11 is 0. The summed E-state index contributed by atoms with van der Waals surface area (Å²) < 4.78 is 0. The highest BCUT2D eigenvalue weighted by molar-refractivity contribution is 5.28. The summed E-state index contributed by atoms with van der Waals surface area (Å²) in [5.74, 6) is 2.67. The molecule has 0 radical (unpaired) electrons. The number of nitrogens with one attached hydrogen (secondary N) is 1. The maximum atomic E-state index is 3.75. The molecule has 2 aliphatic carbocycles. The first-order valence-electron chi connectivity index (χ1n) is 8.04. The topological polar surface area (TPSA) is 12.0 Å². The Hall–Kier alpha value is -0.820. The first kappa shape index (κ1) is 13.2. The van der Waals surface area contributed by atoms with Crippen molar-refractivity contribution in [1.29, 1.82) is 0 Å². The van der Waals surface area contributed by atoms with Crippen molar-refractivity contribution in [2.45, 2.75) is 64.5 Å². The van der Waals surface area contributed by atoms with Crippen LogP contribution in [0.25, 0.3) is 0 Å². The van der Waals surface area contributed by atoms with Gasteiger partial charge in [0.05, 0.1) is 0 Å². The van der Waals surface area contributed by atoms with Crippen molar-refractivity contribution in [3.05, 3.63) is 35.4 Å². The Morgan fingerprint density at radius 2 is 1.68 bits per heavy atom. The third-order valence-electron chi connectivity index (χ3n) is 5.22. The molecule has 104 valence electrons. The second kappa shape index (κ2) is 5.66. The molecule has 2 aliphatic rings. The third kappa shape index (κ3) is 3.39. The van der Waals surface area contributed by atoms with Crippen molar-refractivity contribution in [3.63, 3.8) is 0 Å². The van der Waals surface area contributed by atoms with Crippen LogP contribution < -0.4 is 5.32 Å². The molecule has 0 aliphatic heterocycles. The Kier molecular flexibility index (Phi) is 3.93. The van der Waals surface area contributed by atoms with Gasteiger partial charge in [-0.25, -0.2) is 0 Å². The zero-order valence-corrected chi connectivity index (χ0v) is 12.4. The van der Waals surface area contributed by atoms with E-state index in [9.17, 15) is 0 Å². The minimum absolute atomic E-state index is 0.731. The lowest BCUT2D eigenvalue weighted by Crippen LogP contribution is -2.35. The van der Waals surface area contributed by atoms with Crippen molar-refractivity contribution >= 4 is 0 Å². The Morgan fingerprint density at radius 1 is 0.947 bits per heavy atom. The molecule has 0 bridgehead atoms. The maximum Gasteiger partial charge on any atom is 0.0208 e. The van der Waals surface area contributed by atoms with Gasteiger partial charge in [-0.15, -0.1) is 0 Å². The van der Waals surface area contributed by atoms with E-state index in [1.165, 1.54) is 37.7 Å². The van der Waals surface area contributed by atoms with Gasteiger partial charge in [0.15, 0.2) is 0 Å². The minimum atomic E-state index is 0.731. The molecule has 1 heteroatoms. The molecule has 0 amide bonds. The predicted molar refractivity (Wildman–Crippen MR) is 81.2 cm³/mol. The largest absolute Gasteiger partial charge is 0.310 e. The summed E-state index contributed by atoms with van der Waals surface area (Å²) in [6.07, 6.45) is 6.89. The molecule has 3 atom stereocenters. The van der Waals surface area contributed by atoms with Crippen LogP contribution in [0.15, 0.2) is 24.3 Å². The standard InChI is InChI=1S/C18H27N/c1-13-3-10-18(11-14(13)2)19-12-15-4-6-16(7-5-15)17-8-9-17/h4-7,13-14,17-19H,3,8-12H2,1-2H3. The highest BCUT2D eigenvalue weighted by Crippen LogP contribution is 2.39. The van der Waals surface area contributed by atoms with Crippen LogP contribution in [0.1, 0.15) is 63.0 Å². The molecule has 3 rings (SSSR count). The fraction of sp³-hybridized carbons (Fsp3) is 0.667. The van der Waals surface area contributed by atoms with Gasteiger partial charge >= 0.3 is 0 Å². The SMILES string of the molecule is CC1CCC(NCc2ccc(C3CC3)cc2)CC1C. The predicted octanol–water partition coefficient (Wildman–Crippen LogP) is 4.48. The molecule has 19 heavy (non-hydrogen) atoms. The van der Waals surface area contributed by atoms with Gasteiger partial charge in [0, 0.05) is 12.6 Å². The van der Waals surface area contributed by atoms with E-state index in [-0.39, 0.29) is 0 Å². The molecule has 0 saturated heterocycles. The van der Waals surface area contributed by atoms with E-state index in [1.807, 2.05) is 0 Å². The highest BCUT2D eigenvalue weighted by Gasteiger charge is 2.24. The molecular weight excluding hydrogens is 230 g/mol. The average Bonchev–Trinajstić information content (AvgIpc) is 3.25. The van der Waals surface area contributed by atoms with Gasteiger partial charge in [-0.05, 0) is 61.0 Å². The van der Waals surface area contributed by atoms with Gasteiger partial charge in [0.25, 0.3) is 0 Å². The highest BCUT2D eigenvalue weighted by atomic mass is 14.9. The van der Waals surface area contributed by atoms with Gasteiger partial charge in [-0.3, -0.25) is 0 Å². The van der Waals surface area contributed by atoms with Gasteiger partial charge < -0.3 is 5.32 Å². The Balaban J connectivity index is 1.48. The van der Waals surface area contributed by atoms with Crippen molar-refractivity contribution in [3.8, 4) is 0 Å². The summed E-state index contributed by atoms with van der Waals surface area (Å²) in [5.41, 5.74) is 2.99. The van der Waals surface area contributed by atoms with E-state index in [0.717, 1.165) is 30.3 Å². The quantitative estimate of drug-likeness (QED) is 0.838. The van der Waals surface area contributed by atoms with Crippen LogP contribution in [0.3, 0.4) is 0 Å². The molecule has 1 aromatic carbocycles. The molecule has 1 aromatic rings. The van der Waals surface area contributed by atoms with Crippen LogP contribution in [-0.2, 0) is 6.54 Å². The first-order valence-corrected chi connectivity index (χ1v) is 8.04. The lowest BCUT2D eigenvalue weighted by atomic mass is 9.79. The van der Waals surface area contributed by atoms with Crippen LogP contribution >= 0.6 is 0 Å². The second-order valence-electron chi connectivity index (χ2n) is 6.86. The van der Waals surface area contributed by atoms with Crippen molar-refractivity contribution in [2.75, 3.05) is 0 Å². The zero-order chi connectivity index (χ0) is 13.2. The fourth-order valence-corrected chi connectivity index (χ4v) is 3.32. The lowest BCUT2D eigenvalue weighted by Gasteiger charge is -2.32. The molecular formula is C18H27N. The Labute approximate surface area is 117 Å². The molecule has 0 aromatic heterocycles. The van der Waals surface area contributed by atoms with Crippen LogP contribution in [-0.4, -0.2) is 6.04 Å². The number of rotatable bonds is 4. The number of hydrogen-bond donors (Lipinski definition) is 1. The monoisotopic (exact) mass is 257 g/mol. The first-order chi connectivity index (χ1) is 9.22. The Morgan fingerprint density at radius 3 is 2.32 bits per heavy atom. The molecule has 1 nitrogen and oxygen atoms in total. The summed E-state index contributed by atoms with van der Waals surface area (Å²) in [6.45, 7) is 5.84. The maximum absolute atomic E-state index is 3.75. The average molecular weight is 257 g/mol. The molecule has 2 fully saturated rings. The lowest BCUT2D eigenvalue weighted by molar-refractivity contribution is 0.225. The van der Waals surface area contributed by atoms with E-state index < -0.39 is 0 Å². The van der Waals surface area contributed by atoms with E-state index in [4.69, 9.17) is 0 Å². The third-order valence-corrected chi connectivity index (χ3v) is 5.22. The molecule has 0 spiro atoms. The van der Waals surface area contributed by atoms with Crippen LogP contribution in [0, 0.1) is 11.8 Å². The van der Waals surface area contributed by atoms with Crippen molar-refractivity contribution < 1.29 is 0 Å². The van der Waals surface area contributed by atoms with Crippen LogP contribution in [0.2, 0.25) is 0 Å². The second-order valence-corrected chi connectivity index (χ2v) is 6.86. The molecule has 0 heterocycles. The van der Waals surface area contributed by atoms with E-state index >= 15 is 0 Å². The summed E-state index contributed by atoms with van der Waals surface area (Å²) in [5, 5.41) is 3.75. The van der Waals surface area contributed by atoms with Gasteiger partial charge in [0.2, 0.25) is 0 Å². The number of benzene rings is 1. The van der Waals surface area contributed by atoms with Crippen LogP contribution in [0.4, 0.5) is 0 Å². The smallest absolute Gasteiger partial charge is 0.0208 e. The van der Waals surface area contributed by atoms with E-state index in [1.54, 1.807) is 5.56 Å². The van der Waals surface area contributed by atoms with Gasteiger partial charge in [-0.1, -0.05) is 38.1 Å². The minimum Gasteiger partial charge on any atom is -0.310 e. The van der Waals surface area contributed by atoms with Crippen LogP contribution in [0.5, 0.6) is 0 Å². The Bertz CT molecular complexity index is 404. The van der Waals surface area contributed by atoms with Gasteiger partial charge in [0.1, 0.15) is 0 Å². The fourth-order valence-electron chi connectivity index (χ4n) is 3.32. The van der Waals surface area contributed by atoms with Gasteiger partial charge in [-0.2, -0.15) is 0 Å². The zero-order valence-electron chi connectivity index (χ0n) is 12.4. The molecule has 3 unspecified atom stereocenters. The van der Waals surface area contributed by atoms with Crippen molar-refractivity contribution in [2.24, 2.45) is 11.8 Å². The summed E-state index contributed by atoms with van der Waals surface area (Å²) in [6, 6.07) is 10.0. The van der Waals surface area contributed by atoms with E-state index in [2.05, 4.69) is 43.4 Å². The summed E-state index contributed by atoms with van der Waals surface area (Å²) in [4.78, 5) is 0. The van der Waals surface area contributed by atoms with Crippen molar-refractivity contribution in [1.82, 2.24) is 5.32 Å². The summed E-state index contributed by atoms with van der Waals surface area (Å²) in [7, 11) is 0. The molecule has 2 saturated carbocycles. The number of hydrogen-bond acceptors (Lipinski definition) is 1.